The first kappa shape index (κ1) is 25.4. The van der Waals surface area contributed by atoms with Gasteiger partial charge < -0.3 is 25.7 Å². The third-order valence-electron chi connectivity index (χ3n) is 4.94. The molecule has 1 aliphatic rings. The van der Waals surface area contributed by atoms with Gasteiger partial charge in [0.1, 0.15) is 6.61 Å². The number of ether oxygens (including phenoxy) is 1. The summed E-state index contributed by atoms with van der Waals surface area (Å²) in [5.74, 6) is -4.12. The molecule has 2 heterocycles. The van der Waals surface area contributed by atoms with Gasteiger partial charge in [0.25, 0.3) is 5.78 Å². The van der Waals surface area contributed by atoms with Gasteiger partial charge in [0.2, 0.25) is 5.91 Å². The van der Waals surface area contributed by atoms with E-state index in [0.717, 1.165) is 0 Å². The maximum Gasteiger partial charge on any atom is 0.441 e. The number of H-pyrrole nitrogens is 1. The van der Waals surface area contributed by atoms with Crippen molar-refractivity contribution in [3.8, 4) is 0 Å². The number of nitrogens with one attached hydrogen (secondary N) is 2. The van der Waals surface area contributed by atoms with Crippen molar-refractivity contribution in [3.63, 3.8) is 0 Å². The molecule has 3 unspecified atom stereocenters. The van der Waals surface area contributed by atoms with Crippen molar-refractivity contribution in [2.45, 2.75) is 32.6 Å². The van der Waals surface area contributed by atoms with Gasteiger partial charge in [0, 0.05) is 18.3 Å². The second-order valence-electron chi connectivity index (χ2n) is 7.19. The van der Waals surface area contributed by atoms with Gasteiger partial charge in [-0.15, -0.1) is 5.23 Å². The summed E-state index contributed by atoms with van der Waals surface area (Å²) in [5.41, 5.74) is 8.82. The van der Waals surface area contributed by atoms with Crippen LogP contribution in [0.2, 0.25) is 0 Å². The molecule has 1 saturated heterocycles. The molecule has 0 aliphatic carbocycles. The molecule has 1 aromatic carbocycles. The molecule has 2 aromatic rings. The molecule has 0 radical (unpaired) electrons. The van der Waals surface area contributed by atoms with E-state index in [1.807, 2.05) is 0 Å². The second-order valence-corrected chi connectivity index (χ2v) is 7.19. The van der Waals surface area contributed by atoms with E-state index < -0.39 is 47.4 Å². The van der Waals surface area contributed by atoms with Gasteiger partial charge in [-0.2, -0.15) is 4.79 Å². The number of nitrogens with zero attached hydrogens (tertiary/aromatic N) is 4. The highest BCUT2D eigenvalue weighted by molar-refractivity contribution is 6.62. The minimum atomic E-state index is -1.16. The zero-order chi connectivity index (χ0) is 24.5. The number of imidazole rings is 1. The number of aromatic amines is 1. The minimum absolute atomic E-state index is 0.0773. The summed E-state index contributed by atoms with van der Waals surface area (Å²) in [6, 6.07) is 4.93. The molecule has 13 nitrogen and oxygen atoms in total. The molecule has 13 heteroatoms. The molecule has 33 heavy (non-hydrogen) atoms. The lowest BCUT2D eigenvalue weighted by Crippen LogP contribution is -2.66. The average Bonchev–Trinajstić information content (AvgIpc) is 3.36. The van der Waals surface area contributed by atoms with E-state index >= 15 is 0 Å². The molecular formula is C20H24N6O7. The highest BCUT2D eigenvalue weighted by atomic mass is 16.8. The molecule has 3 rings (SSSR count). The van der Waals surface area contributed by atoms with Crippen molar-refractivity contribution in [1.29, 1.82) is 0 Å². The number of rotatable bonds is 8. The molecule has 0 saturated carbocycles. The molecule has 4 atom stereocenters. The average molecular weight is 460 g/mol. The summed E-state index contributed by atoms with van der Waals surface area (Å²) in [7, 11) is 0. The van der Waals surface area contributed by atoms with Crippen LogP contribution >= 0.6 is 0 Å². The van der Waals surface area contributed by atoms with Crippen molar-refractivity contribution >= 4 is 29.1 Å². The van der Waals surface area contributed by atoms with Crippen LogP contribution in [0.15, 0.2) is 43.0 Å². The van der Waals surface area contributed by atoms with Gasteiger partial charge >= 0.3 is 11.7 Å². The van der Waals surface area contributed by atoms with E-state index in [4.69, 9.17) is 20.7 Å². The van der Waals surface area contributed by atoms with Crippen LogP contribution in [0, 0.1) is 11.8 Å². The number of anilines is 1. The topological polar surface area (TPSA) is 201 Å². The van der Waals surface area contributed by atoms with Gasteiger partial charge in [0.15, 0.2) is 0 Å². The quantitative estimate of drug-likeness (QED) is 0.0688. The van der Waals surface area contributed by atoms with Gasteiger partial charge in [-0.25, -0.2) is 9.78 Å². The highest BCUT2D eigenvalue weighted by Crippen LogP contribution is 2.26. The number of β-lactam (4-membered cyclic amide) rings is 1. The molecule has 176 valence electrons. The summed E-state index contributed by atoms with van der Waals surface area (Å²) in [5, 5.41) is 29.8. The number of aromatic nitrogens is 2. The van der Waals surface area contributed by atoms with Crippen molar-refractivity contribution in [2.24, 2.45) is 11.8 Å². The predicted octanol–water partition coefficient (Wildman–Crippen LogP) is 0.0957. The Balaban J connectivity index is 0.000000678. The van der Waals surface area contributed by atoms with E-state index in [1.165, 1.54) is 38.1 Å². The van der Waals surface area contributed by atoms with E-state index in [0.29, 0.717) is 5.56 Å². The van der Waals surface area contributed by atoms with Crippen molar-refractivity contribution in [3.05, 3.63) is 54.1 Å². The number of amides is 1. The number of ketones is 1. The normalized spacial score (nSPS) is 18.3. The Kier molecular flexibility index (Phi) is 8.95. The maximum absolute atomic E-state index is 12.5. The van der Waals surface area contributed by atoms with Gasteiger partial charge in [-0.3, -0.25) is 20.0 Å². The Labute approximate surface area is 188 Å². The third-order valence-corrected chi connectivity index (χ3v) is 4.94. The number of benzene rings is 1. The summed E-state index contributed by atoms with van der Waals surface area (Å²) < 4.78 is 4.95. The molecular weight excluding hydrogens is 436 g/mol. The number of aliphatic hydroxyl groups is 1. The Bertz CT molecular complexity index is 983. The van der Waals surface area contributed by atoms with Crippen LogP contribution in [0.25, 0.3) is 5.53 Å². The summed E-state index contributed by atoms with van der Waals surface area (Å²) in [4.78, 5) is 45.3. The van der Waals surface area contributed by atoms with Gasteiger partial charge in [-0.05, 0) is 24.6 Å². The third kappa shape index (κ3) is 6.54. The van der Waals surface area contributed by atoms with E-state index in [-0.39, 0.29) is 17.5 Å². The smallest absolute Gasteiger partial charge is 0.441 e. The van der Waals surface area contributed by atoms with Crippen molar-refractivity contribution in [1.82, 2.24) is 15.3 Å². The van der Waals surface area contributed by atoms with Crippen LogP contribution in [0.4, 0.5) is 5.69 Å². The highest BCUT2D eigenvalue weighted by Gasteiger charge is 2.50. The predicted molar refractivity (Wildman–Crippen MR) is 111 cm³/mol. The standard InChI is InChI=1S/C17H20N4O7.C3H4N2/c1-8(13-12(9(2)22)16(24)19-13)15(23)14(20-18)17(25)28-7-10-3-5-11(6-4-10)21(26)27;1-2-5-3-4-1/h3-6,8-9,12-13,22,26-27H,7H2,1-2H3,(H,19,24);1-3H,(H,4,5)/t8-,9?,12?,13?;/m1./s1. The fourth-order valence-corrected chi connectivity index (χ4v) is 3.10. The zero-order valence-corrected chi connectivity index (χ0v) is 17.8. The van der Waals surface area contributed by atoms with Crippen LogP contribution in [0.3, 0.4) is 0 Å². The van der Waals surface area contributed by atoms with Crippen LogP contribution in [-0.4, -0.2) is 65.8 Å². The van der Waals surface area contributed by atoms with E-state index in [2.05, 4.69) is 20.1 Å². The molecule has 1 amide bonds. The monoisotopic (exact) mass is 460 g/mol. The molecule has 1 aliphatic heterocycles. The van der Waals surface area contributed by atoms with E-state index in [1.54, 1.807) is 18.7 Å². The first-order chi connectivity index (χ1) is 15.7. The number of hydrogen-bond acceptors (Lipinski definition) is 9. The lowest BCUT2D eigenvalue weighted by molar-refractivity contribution is -0.146. The summed E-state index contributed by atoms with van der Waals surface area (Å²) >= 11 is 0. The fourth-order valence-electron chi connectivity index (χ4n) is 3.10. The maximum atomic E-state index is 12.5. The Morgan fingerprint density at radius 2 is 1.94 bits per heavy atom. The number of hydrogen-bond donors (Lipinski definition) is 5. The van der Waals surface area contributed by atoms with Crippen LogP contribution in [-0.2, 0) is 25.7 Å². The Hall–Kier alpha value is -3.90. The number of esters is 1. The molecule has 0 bridgehead atoms. The molecule has 1 aromatic heterocycles. The number of carbonyl (C=O) groups excluding carboxylic acids is 3. The lowest BCUT2D eigenvalue weighted by atomic mass is 9.76. The van der Waals surface area contributed by atoms with Crippen LogP contribution in [0.1, 0.15) is 19.4 Å². The van der Waals surface area contributed by atoms with Crippen LogP contribution in [0.5, 0.6) is 0 Å². The first-order valence-electron chi connectivity index (χ1n) is 9.78. The van der Waals surface area contributed by atoms with Gasteiger partial charge in [0.05, 0.1) is 30.1 Å². The van der Waals surface area contributed by atoms with Gasteiger partial charge in [-0.1, -0.05) is 19.1 Å². The Morgan fingerprint density at radius 1 is 1.27 bits per heavy atom. The minimum Gasteiger partial charge on any atom is -0.452 e. The Morgan fingerprint density at radius 3 is 2.36 bits per heavy atom. The van der Waals surface area contributed by atoms with E-state index in [9.17, 15) is 19.5 Å². The van der Waals surface area contributed by atoms with Crippen molar-refractivity contribution in [2.75, 3.05) is 5.23 Å². The molecule has 5 N–H and O–H groups in total. The lowest BCUT2D eigenvalue weighted by Gasteiger charge is -2.40. The largest absolute Gasteiger partial charge is 0.452 e. The summed E-state index contributed by atoms with van der Waals surface area (Å²) in [6.45, 7) is 2.60. The SMILES string of the molecule is CC(O)C1C(=O)NC1[C@@H](C)C(=O)C(=[N+]=[N-])C(=O)OCc1ccc(N(O)O)cc1.c1c[nH]cn1. The number of aliphatic hydroxyl groups excluding tert-OH is 1. The van der Waals surface area contributed by atoms with Crippen LogP contribution < -0.4 is 10.5 Å². The number of carbonyl (C=O) groups is 3. The second kappa shape index (κ2) is 11.6. The summed E-state index contributed by atoms with van der Waals surface area (Å²) in [6.07, 6.45) is 4.10. The molecule has 1 fully saturated rings. The first-order valence-corrected chi connectivity index (χ1v) is 9.78. The molecule has 0 spiro atoms. The zero-order valence-electron chi connectivity index (χ0n) is 17.8. The number of Topliss-reactive ketones (excluding diaryl/α,β-unsaturated/α-hetero) is 1. The van der Waals surface area contributed by atoms with Crippen molar-refractivity contribution < 1.29 is 39.4 Å². The fraction of sp³-hybridized carbons (Fsp3) is 0.350.